The molecule has 1 aliphatic rings. The number of ketones is 1. The monoisotopic (exact) mass is 1830 g/mol. The fraction of sp³-hybridized carbons (Fsp3) is 0.284. The summed E-state index contributed by atoms with van der Waals surface area (Å²) in [6.07, 6.45) is -6.27. The van der Waals surface area contributed by atoms with E-state index in [9.17, 15) is 85.7 Å². The highest BCUT2D eigenvalue weighted by Gasteiger charge is 2.33. The van der Waals surface area contributed by atoms with Gasteiger partial charge in [-0.15, -0.1) is 59.4 Å². The number of aldehydes is 2. The van der Waals surface area contributed by atoms with Crippen molar-refractivity contribution in [2.45, 2.75) is 127 Å². The van der Waals surface area contributed by atoms with Gasteiger partial charge in [-0.3, -0.25) is 14.4 Å². The van der Waals surface area contributed by atoms with Crippen LogP contribution in [0, 0.1) is 20.8 Å². The van der Waals surface area contributed by atoms with Gasteiger partial charge in [-0.1, -0.05) is 127 Å². The molecule has 1 saturated heterocycles. The van der Waals surface area contributed by atoms with Crippen molar-refractivity contribution in [3.8, 4) is 23.0 Å². The standard InChI is InChI=1S/C21H23F3O2S.C19H19F3O2S.C11H9F3O.C10H7F3O.C10H12O2S.C8H7F3O.C3H4O.CH2Cl2.2CO2.3CH4/c1-3-12-26-20-11-10-19(13-15(20)2)27-14-18(25)9-6-16-4-7-17(8-5-16)21(22,23)24;1-13-11-17(9-10-18(13)24-2)25-12-16(23)8-5-14-3-6-15(7-4-14)19(20,21)22;12-11(13,14)9-4-1-8(2-5-9)3-6-10-7-15-10;11-10(12,13)9-5-3-8(4-6-9)2-1-7-14;1-7-5-9(13)3-4-10(7)12-6-8(2)11;1-12-7-4-2-6(3-5-7)8(9,10)11;1-2-3-4;3*2-1-3;;;/h4-11,13,18,25H,3,12,14H2,1-2H3;3-11,16,23H,12H2,1-2H3;1-6,10H,7H2;1-7H;3-5,13H,6H2,1-2H3;2-5H,1H3;2-3H,1H2;1H2;;;3*1H4/b9-6+;8-5+;6-3+;2-1+;;;;;;;;;. The molecule has 0 amide bonds. The van der Waals surface area contributed by atoms with Gasteiger partial charge in [0.1, 0.15) is 42.2 Å². The minimum absolute atomic E-state index is 0. The summed E-state index contributed by atoms with van der Waals surface area (Å²) in [4.78, 5) is 65.1. The lowest BCUT2D eigenvalue weighted by Crippen LogP contribution is -2.07. The Kier molecular flexibility index (Phi) is 61.8. The lowest BCUT2D eigenvalue weighted by molar-refractivity contribution is -0.193. The molecule has 1 aliphatic heterocycles. The summed E-state index contributed by atoms with van der Waals surface area (Å²) in [6, 6.07) is 41.0. The van der Waals surface area contributed by atoms with E-state index < -0.39 is 70.9 Å². The second kappa shape index (κ2) is 63.8. The topological polar surface area (TPSA) is 209 Å². The lowest BCUT2D eigenvalue weighted by atomic mass is 10.1. The molecule has 0 radical (unpaired) electrons. The molecule has 3 atom stereocenters. The van der Waals surface area contributed by atoms with Crippen molar-refractivity contribution in [3.05, 3.63) is 280 Å². The van der Waals surface area contributed by atoms with Gasteiger partial charge in [-0.05, 0) is 213 Å². The molecule has 14 nitrogen and oxygen atoms in total. The van der Waals surface area contributed by atoms with Crippen LogP contribution in [0.4, 0.5) is 65.9 Å². The minimum Gasteiger partial charge on any atom is -0.497 e. The molecule has 8 aromatic rings. The molecule has 34 heteroatoms. The van der Waals surface area contributed by atoms with Crippen molar-refractivity contribution >= 4 is 114 Å². The van der Waals surface area contributed by atoms with E-state index in [2.05, 4.69) is 26.1 Å². The number of allylic oxidation sites excluding steroid dienone is 2. The average molecular weight is 1830 g/mol. The van der Waals surface area contributed by atoms with E-state index in [0.717, 1.165) is 121 Å². The van der Waals surface area contributed by atoms with E-state index in [1.807, 2.05) is 81.4 Å². The number of Topliss-reactive ketones (excluding diaryl/α,β-unsaturated/α-hetero) is 1. The van der Waals surface area contributed by atoms with E-state index in [0.29, 0.717) is 59.7 Å². The molecule has 0 aromatic heterocycles. The summed E-state index contributed by atoms with van der Waals surface area (Å²) in [7, 11) is 3.02. The van der Waals surface area contributed by atoms with Crippen LogP contribution >= 0.6 is 59.4 Å². The number of hydrogen-bond donors (Lipinski definition) is 3. The van der Waals surface area contributed by atoms with Gasteiger partial charge in [0.2, 0.25) is 0 Å². The number of carbonyl (C=O) groups excluding carboxylic acids is 7. The van der Waals surface area contributed by atoms with E-state index >= 15 is 0 Å². The van der Waals surface area contributed by atoms with Crippen LogP contribution in [0.15, 0.2) is 228 Å². The second-order valence-electron chi connectivity index (χ2n) is 23.4. The molecule has 8 aromatic carbocycles. The molecule has 122 heavy (non-hydrogen) atoms. The van der Waals surface area contributed by atoms with E-state index in [1.165, 1.54) is 116 Å². The van der Waals surface area contributed by atoms with Crippen LogP contribution < -0.4 is 18.9 Å². The van der Waals surface area contributed by atoms with Gasteiger partial charge in [0.25, 0.3) is 0 Å². The highest BCUT2D eigenvalue weighted by molar-refractivity contribution is 7.99. The Morgan fingerprint density at radius 2 is 0.828 bits per heavy atom. The maximum Gasteiger partial charge on any atom is 0.416 e. The number of hydrogen-bond acceptors (Lipinski definition) is 17. The SMILES string of the molecule is C.C.C.C=CC=O.CC(=O)COc1ccc(S)cc1C.CCCOc1ccc(SCC(O)/C=C/c2ccc(C(F)(F)F)cc2)cc1C.COc1ccc(C(F)(F)F)cc1.COc1ccc(SCC(O)/C=C/c2ccc(C(F)(F)F)cc2)cc1C.ClCCl.FC(F)(F)c1ccc(/C=C/C2CO2)cc1.O=C/C=C/c1ccc(C(F)(F)F)cc1.O=C=O.O=C=O. The summed E-state index contributed by atoms with van der Waals surface area (Å²) in [5.41, 5.74) is 2.24. The minimum atomic E-state index is -4.34. The largest absolute Gasteiger partial charge is 0.497 e. The number of rotatable bonds is 23. The molecule has 2 N–H and O–H groups in total. The molecule has 0 bridgehead atoms. The Hall–Kier alpha value is -10.1. The maximum absolute atomic E-state index is 12.5. The number of aliphatic hydroxyl groups excluding tert-OH is 2. The third-order valence-electron chi connectivity index (χ3n) is 14.1. The molecule has 0 saturated carbocycles. The van der Waals surface area contributed by atoms with E-state index in [-0.39, 0.29) is 58.4 Å². The van der Waals surface area contributed by atoms with Gasteiger partial charge < -0.3 is 33.9 Å². The summed E-state index contributed by atoms with van der Waals surface area (Å²) in [6.45, 7) is 14.0. The van der Waals surface area contributed by atoms with Crippen LogP contribution in [0.25, 0.3) is 24.3 Å². The molecular weight excluding hydrogens is 1730 g/mol. The zero-order chi connectivity index (χ0) is 90.4. The Morgan fingerprint density at radius 1 is 0.516 bits per heavy atom. The van der Waals surface area contributed by atoms with E-state index in [4.69, 9.17) is 70.9 Å². The highest BCUT2D eigenvalue weighted by atomic mass is 35.5. The molecule has 1 heterocycles. The van der Waals surface area contributed by atoms with Crippen molar-refractivity contribution in [3.63, 3.8) is 0 Å². The first kappa shape index (κ1) is 118. The van der Waals surface area contributed by atoms with Gasteiger partial charge in [-0.25, -0.2) is 0 Å². The normalized spacial score (nSPS) is 12.1. The second-order valence-corrected chi connectivity index (χ2v) is 26.9. The third-order valence-corrected chi connectivity index (χ3v) is 16.6. The Labute approximate surface area is 724 Å². The van der Waals surface area contributed by atoms with Gasteiger partial charge in [0.05, 0.1) is 78.9 Å². The molecule has 668 valence electrons. The zero-order valence-electron chi connectivity index (χ0n) is 64.5. The predicted molar refractivity (Wildman–Crippen MR) is 452 cm³/mol. The first-order valence-corrected chi connectivity index (χ1v) is 37.7. The first-order chi connectivity index (χ1) is 56.0. The van der Waals surface area contributed by atoms with Crippen LogP contribution in [0.3, 0.4) is 0 Å². The van der Waals surface area contributed by atoms with Gasteiger partial charge in [-0.2, -0.15) is 85.0 Å². The number of methoxy groups -OCH3 is 2. The number of thioether (sulfide) groups is 2. The third kappa shape index (κ3) is 54.3. The lowest BCUT2D eigenvalue weighted by Gasteiger charge is -2.10. The Morgan fingerprint density at radius 3 is 1.11 bits per heavy atom. The van der Waals surface area contributed by atoms with Crippen molar-refractivity contribution < 1.29 is 133 Å². The Bertz CT molecular complexity index is 4430. The maximum atomic E-state index is 12.5. The van der Waals surface area contributed by atoms with Crippen LogP contribution in [0.5, 0.6) is 23.0 Å². The number of ether oxygens (including phenoxy) is 5. The number of alkyl halides is 17. The van der Waals surface area contributed by atoms with Crippen LogP contribution in [0.2, 0.25) is 0 Å². The molecular formula is C88H95Cl2F15O14S3. The predicted octanol–water partition coefficient (Wildman–Crippen LogP) is 24.7. The van der Waals surface area contributed by atoms with Crippen LogP contribution in [0.1, 0.15) is 109 Å². The summed E-state index contributed by atoms with van der Waals surface area (Å²) >= 11 is 16.7. The van der Waals surface area contributed by atoms with Gasteiger partial charge >= 0.3 is 43.2 Å². The fourth-order valence-electron chi connectivity index (χ4n) is 8.37. The Balaban J connectivity index is -0.000000676. The fourth-order valence-corrected chi connectivity index (χ4v) is 10.4. The molecule has 0 spiro atoms. The van der Waals surface area contributed by atoms with Gasteiger partial charge in [0.15, 0.2) is 5.78 Å². The quantitative estimate of drug-likeness (QED) is 0.0103. The van der Waals surface area contributed by atoms with Crippen LogP contribution in [-0.2, 0) is 69.2 Å². The summed E-state index contributed by atoms with van der Waals surface area (Å²) in [5, 5.41) is 20.3. The van der Waals surface area contributed by atoms with Gasteiger partial charge in [0, 0.05) is 26.2 Å². The van der Waals surface area contributed by atoms with Crippen molar-refractivity contribution in [2.75, 3.05) is 50.9 Å². The molecule has 9 rings (SSSR count). The summed E-state index contributed by atoms with van der Waals surface area (Å²) < 4.78 is 210. The van der Waals surface area contributed by atoms with Crippen molar-refractivity contribution in [2.24, 2.45) is 0 Å². The number of epoxide rings is 1. The molecule has 3 unspecified atom stereocenters. The number of carbonyl (C=O) groups is 3. The summed E-state index contributed by atoms with van der Waals surface area (Å²) in [5.74, 6) is 3.76. The van der Waals surface area contributed by atoms with E-state index in [1.54, 1.807) is 37.5 Å². The number of aliphatic hydroxyl groups is 2. The first-order valence-electron chi connectivity index (χ1n) is 34.2. The zero-order valence-corrected chi connectivity index (χ0v) is 68.5. The van der Waals surface area contributed by atoms with Crippen LogP contribution in [-0.4, -0.2) is 110 Å². The average Bonchev–Trinajstić information content (AvgIpc) is 1.87. The van der Waals surface area contributed by atoms with Crippen molar-refractivity contribution in [1.82, 2.24) is 0 Å². The molecule has 0 aliphatic carbocycles. The highest BCUT2D eigenvalue weighted by Crippen LogP contribution is 2.35. The molecule has 1 fully saturated rings. The number of aryl methyl sites for hydroxylation is 3. The number of benzene rings is 8. The van der Waals surface area contributed by atoms with Crippen molar-refractivity contribution in [1.29, 1.82) is 0 Å². The number of halogens is 17. The smallest absolute Gasteiger partial charge is 0.416 e. The number of thiol groups is 1.